The van der Waals surface area contributed by atoms with Gasteiger partial charge in [0.25, 0.3) is 0 Å². The molecule has 0 aromatic heterocycles. The van der Waals surface area contributed by atoms with Crippen molar-refractivity contribution >= 4 is 17.7 Å². The van der Waals surface area contributed by atoms with Crippen LogP contribution in [-0.2, 0) is 0 Å². The van der Waals surface area contributed by atoms with E-state index in [1.807, 2.05) is 0 Å². The van der Waals surface area contributed by atoms with E-state index in [1.54, 1.807) is 15.4 Å². The van der Waals surface area contributed by atoms with Crippen molar-refractivity contribution in [3.63, 3.8) is 0 Å². The van der Waals surface area contributed by atoms with Crippen molar-refractivity contribution in [2.45, 2.75) is 48.0 Å². The first-order chi connectivity index (χ1) is 6.14. The molecule has 0 saturated heterocycles. The standard InChI is InChI=1S/C13H21.Li/c1-12(2,3)10-8-7-9-11(10)13(4,5)6;/h8H,7H2,1-6H3;. The van der Waals surface area contributed by atoms with Gasteiger partial charge in [-0.2, -0.15) is 0 Å². The zero-order valence-electron chi connectivity index (χ0n) is 10.8. The van der Waals surface area contributed by atoms with Crippen molar-refractivity contribution < 1.29 is 0 Å². The van der Waals surface area contributed by atoms with Crippen LogP contribution in [0, 0.1) is 10.8 Å². The van der Waals surface area contributed by atoms with Crippen LogP contribution in [0.1, 0.15) is 48.0 Å². The van der Waals surface area contributed by atoms with Crippen molar-refractivity contribution in [2.24, 2.45) is 10.8 Å². The van der Waals surface area contributed by atoms with Gasteiger partial charge in [0.1, 0.15) is 0 Å². The van der Waals surface area contributed by atoms with Gasteiger partial charge in [0.15, 0.2) is 0 Å². The van der Waals surface area contributed by atoms with E-state index in [4.69, 9.17) is 0 Å². The number of rotatable bonds is 0. The number of hydrogen-bond donors (Lipinski definition) is 0. The first-order valence-electron chi connectivity index (χ1n) is 5.55. The Morgan fingerprint density at radius 3 is 1.79 bits per heavy atom. The summed E-state index contributed by atoms with van der Waals surface area (Å²) in [6.07, 6.45) is 3.56. The van der Waals surface area contributed by atoms with Gasteiger partial charge in [0.05, 0.1) is 0 Å². The summed E-state index contributed by atoms with van der Waals surface area (Å²) in [7, 11) is 0. The van der Waals surface area contributed by atoms with Crippen LogP contribution in [-0.4, -0.2) is 17.7 Å². The predicted octanol–water partition coefficient (Wildman–Crippen LogP) is 3.83. The fourth-order valence-electron chi connectivity index (χ4n) is 2.41. The minimum atomic E-state index is 0.291. The van der Waals surface area contributed by atoms with E-state index in [-0.39, 0.29) is 0 Å². The van der Waals surface area contributed by atoms with Gasteiger partial charge in [0.2, 0.25) is 0 Å². The Hall–Kier alpha value is 0.0774. The molecule has 0 fully saturated rings. The third-order valence-electron chi connectivity index (χ3n) is 2.87. The van der Waals surface area contributed by atoms with Crippen LogP contribution in [0.15, 0.2) is 21.5 Å². The summed E-state index contributed by atoms with van der Waals surface area (Å²) in [5.41, 5.74) is 3.73. The molecule has 0 atom stereocenters. The number of allylic oxidation sites excluding steroid dienone is 4. The Morgan fingerprint density at radius 1 is 1.00 bits per heavy atom. The average molecular weight is 184 g/mol. The van der Waals surface area contributed by atoms with Gasteiger partial charge in [-0.3, -0.25) is 0 Å². The molecule has 1 aliphatic carbocycles. The Bertz CT molecular complexity index is 292. The Morgan fingerprint density at radius 2 is 1.50 bits per heavy atom. The van der Waals surface area contributed by atoms with Gasteiger partial charge in [-0.1, -0.05) is 0 Å². The maximum atomic E-state index is 2.41. The Balaban J connectivity index is 3.15. The van der Waals surface area contributed by atoms with Crippen LogP contribution in [0.2, 0.25) is 0 Å². The van der Waals surface area contributed by atoms with Gasteiger partial charge in [-0.05, 0) is 0 Å². The molecule has 1 heteroatoms. The summed E-state index contributed by atoms with van der Waals surface area (Å²) in [6.45, 7) is 13.9. The van der Waals surface area contributed by atoms with Crippen molar-refractivity contribution in [1.82, 2.24) is 0 Å². The molecule has 0 saturated carbocycles. The van der Waals surface area contributed by atoms with Crippen molar-refractivity contribution in [3.8, 4) is 0 Å². The summed E-state index contributed by atoms with van der Waals surface area (Å²) in [5.74, 6) is 0. The van der Waals surface area contributed by atoms with Gasteiger partial charge < -0.3 is 0 Å². The Labute approximate surface area is 98.1 Å². The fourth-order valence-corrected chi connectivity index (χ4v) is 2.41. The molecular formula is C13H21Li. The molecule has 0 unspecified atom stereocenters. The molecule has 0 aromatic carbocycles. The van der Waals surface area contributed by atoms with E-state index in [2.05, 4.69) is 65.3 Å². The summed E-state index contributed by atoms with van der Waals surface area (Å²) >= 11 is 2.27. The summed E-state index contributed by atoms with van der Waals surface area (Å²) in [5, 5.41) is 0. The molecule has 0 heterocycles. The van der Waals surface area contributed by atoms with E-state index < -0.39 is 0 Å². The molecule has 0 amide bonds. The topological polar surface area (TPSA) is 0 Å². The SMILES string of the molecule is [Li][C]1=C(C(C)(C)C)C(C(C)(C)C)=CC1. The first-order valence-corrected chi connectivity index (χ1v) is 5.55. The predicted molar refractivity (Wildman–Crippen MR) is 64.4 cm³/mol. The third-order valence-corrected chi connectivity index (χ3v) is 2.87. The summed E-state index contributed by atoms with van der Waals surface area (Å²) < 4.78 is 1.56. The quantitative estimate of drug-likeness (QED) is 0.502. The molecule has 74 valence electrons. The van der Waals surface area contributed by atoms with E-state index in [0.717, 1.165) is 6.42 Å². The normalized spacial score (nSPS) is 19.0. The van der Waals surface area contributed by atoms with Crippen LogP contribution >= 0.6 is 0 Å². The molecule has 1 aliphatic rings. The molecule has 0 N–H and O–H groups in total. The van der Waals surface area contributed by atoms with Crippen molar-refractivity contribution in [2.75, 3.05) is 0 Å². The van der Waals surface area contributed by atoms with Gasteiger partial charge in [0, 0.05) is 0 Å². The summed E-state index contributed by atoms with van der Waals surface area (Å²) in [6, 6.07) is 0. The molecule has 0 radical (unpaired) electrons. The molecule has 1 rings (SSSR count). The fraction of sp³-hybridized carbons (Fsp3) is 0.692. The average Bonchev–Trinajstić information content (AvgIpc) is 2.27. The van der Waals surface area contributed by atoms with Crippen LogP contribution in [0.3, 0.4) is 0 Å². The minimum absolute atomic E-state index is 0.291. The van der Waals surface area contributed by atoms with Crippen molar-refractivity contribution in [1.29, 1.82) is 0 Å². The van der Waals surface area contributed by atoms with E-state index in [0.29, 0.717) is 10.8 Å². The Kier molecular flexibility index (Phi) is 3.11. The molecule has 0 aliphatic heterocycles. The monoisotopic (exact) mass is 184 g/mol. The molecule has 0 spiro atoms. The van der Waals surface area contributed by atoms with E-state index in [1.165, 1.54) is 0 Å². The van der Waals surface area contributed by atoms with Crippen LogP contribution in [0.25, 0.3) is 0 Å². The van der Waals surface area contributed by atoms with Gasteiger partial charge in [-0.15, -0.1) is 0 Å². The maximum absolute atomic E-state index is 2.41. The summed E-state index contributed by atoms with van der Waals surface area (Å²) in [4.78, 5) is 0. The van der Waals surface area contributed by atoms with Crippen LogP contribution in [0.4, 0.5) is 0 Å². The number of hydrogen-bond acceptors (Lipinski definition) is 0. The second-order valence-electron chi connectivity index (χ2n) is 6.48. The van der Waals surface area contributed by atoms with Crippen LogP contribution in [0.5, 0.6) is 0 Å². The van der Waals surface area contributed by atoms with E-state index >= 15 is 0 Å². The molecule has 0 bridgehead atoms. The van der Waals surface area contributed by atoms with Crippen molar-refractivity contribution in [3.05, 3.63) is 21.5 Å². The van der Waals surface area contributed by atoms with Gasteiger partial charge in [-0.25, -0.2) is 0 Å². The van der Waals surface area contributed by atoms with E-state index in [9.17, 15) is 0 Å². The van der Waals surface area contributed by atoms with Gasteiger partial charge >= 0.3 is 98.0 Å². The molecule has 0 nitrogen and oxygen atoms in total. The first kappa shape index (κ1) is 12.1. The van der Waals surface area contributed by atoms with Crippen LogP contribution < -0.4 is 0 Å². The third kappa shape index (κ3) is 2.36. The molecule has 14 heavy (non-hydrogen) atoms. The molecule has 0 aromatic rings. The zero-order chi connectivity index (χ0) is 11.1. The zero-order valence-corrected chi connectivity index (χ0v) is 10.8. The molecular weight excluding hydrogens is 163 g/mol. The second-order valence-corrected chi connectivity index (χ2v) is 6.48. The second kappa shape index (κ2) is 3.58.